The molecule has 0 aliphatic rings. The van der Waals surface area contributed by atoms with Gasteiger partial charge in [0.25, 0.3) is 0 Å². The van der Waals surface area contributed by atoms with Crippen molar-refractivity contribution in [2.45, 2.75) is 84.1 Å². The molecule has 1 amide bonds. The number of hydrogen-bond acceptors (Lipinski definition) is 4. The summed E-state index contributed by atoms with van der Waals surface area (Å²) < 4.78 is 5.07. The van der Waals surface area contributed by atoms with Crippen LogP contribution >= 0.6 is 0 Å². The third kappa shape index (κ3) is 9.88. The SMILES string of the molecule is CCCCCCCCc1ccc(CCC(CO)(COC(C)=O)NC(C)=O)cc1. The third-order valence-electron chi connectivity index (χ3n) is 5.03. The van der Waals surface area contributed by atoms with Crippen molar-refractivity contribution in [3.8, 4) is 0 Å². The Morgan fingerprint density at radius 2 is 1.54 bits per heavy atom. The van der Waals surface area contributed by atoms with Crippen molar-refractivity contribution in [3.63, 3.8) is 0 Å². The van der Waals surface area contributed by atoms with Crippen molar-refractivity contribution in [2.75, 3.05) is 13.2 Å². The summed E-state index contributed by atoms with van der Waals surface area (Å²) in [6, 6.07) is 8.53. The van der Waals surface area contributed by atoms with Crippen LogP contribution in [0.25, 0.3) is 0 Å². The molecule has 0 spiro atoms. The Morgan fingerprint density at radius 1 is 0.964 bits per heavy atom. The molecule has 1 unspecified atom stereocenters. The fourth-order valence-corrected chi connectivity index (χ4v) is 3.31. The van der Waals surface area contributed by atoms with Crippen molar-refractivity contribution < 1.29 is 19.4 Å². The molecule has 1 atom stereocenters. The van der Waals surface area contributed by atoms with E-state index in [1.165, 1.54) is 57.9 Å². The summed E-state index contributed by atoms with van der Waals surface area (Å²) in [5.41, 5.74) is 1.53. The first-order valence-electron chi connectivity index (χ1n) is 10.5. The molecule has 0 aromatic heterocycles. The molecule has 1 aromatic carbocycles. The fraction of sp³-hybridized carbons (Fsp3) is 0.652. The Balaban J connectivity index is 2.53. The number of hydrogen-bond donors (Lipinski definition) is 2. The second-order valence-corrected chi connectivity index (χ2v) is 7.73. The van der Waals surface area contributed by atoms with E-state index in [1.807, 2.05) is 0 Å². The van der Waals surface area contributed by atoms with E-state index in [0.29, 0.717) is 12.8 Å². The average molecular weight is 392 g/mol. The van der Waals surface area contributed by atoms with Gasteiger partial charge in [0.15, 0.2) is 0 Å². The number of carbonyl (C=O) groups is 2. The van der Waals surface area contributed by atoms with Crippen molar-refractivity contribution in [1.29, 1.82) is 0 Å². The van der Waals surface area contributed by atoms with E-state index < -0.39 is 11.5 Å². The lowest BCUT2D eigenvalue weighted by atomic mass is 9.92. The van der Waals surface area contributed by atoms with Crippen molar-refractivity contribution >= 4 is 11.9 Å². The maximum Gasteiger partial charge on any atom is 0.302 e. The number of nitrogens with one attached hydrogen (secondary N) is 1. The Labute approximate surface area is 169 Å². The van der Waals surface area contributed by atoms with Crippen LogP contribution in [0.5, 0.6) is 0 Å². The smallest absolute Gasteiger partial charge is 0.302 e. The topological polar surface area (TPSA) is 75.6 Å². The van der Waals surface area contributed by atoms with Crippen LogP contribution < -0.4 is 5.32 Å². The molecule has 0 saturated heterocycles. The number of rotatable bonds is 14. The van der Waals surface area contributed by atoms with Crippen LogP contribution in [0.1, 0.15) is 76.8 Å². The van der Waals surface area contributed by atoms with E-state index in [1.54, 1.807) is 0 Å². The number of ether oxygens (including phenoxy) is 1. The molecule has 5 nitrogen and oxygen atoms in total. The lowest BCUT2D eigenvalue weighted by molar-refractivity contribution is -0.145. The van der Waals surface area contributed by atoms with Crippen LogP contribution in [0.2, 0.25) is 0 Å². The summed E-state index contributed by atoms with van der Waals surface area (Å²) in [7, 11) is 0. The van der Waals surface area contributed by atoms with Gasteiger partial charge in [-0.3, -0.25) is 9.59 Å². The predicted octanol–water partition coefficient (Wildman–Crippen LogP) is 3.95. The molecular formula is C23H37NO4. The highest BCUT2D eigenvalue weighted by Gasteiger charge is 2.31. The molecule has 28 heavy (non-hydrogen) atoms. The second-order valence-electron chi connectivity index (χ2n) is 7.73. The minimum absolute atomic E-state index is 0.0332. The molecule has 0 aliphatic carbocycles. The second kappa shape index (κ2) is 13.3. The average Bonchev–Trinajstić information content (AvgIpc) is 2.67. The monoisotopic (exact) mass is 391 g/mol. The highest BCUT2D eigenvalue weighted by molar-refractivity contribution is 5.74. The van der Waals surface area contributed by atoms with Gasteiger partial charge in [-0.05, 0) is 36.8 Å². The zero-order valence-corrected chi connectivity index (χ0v) is 17.8. The van der Waals surface area contributed by atoms with E-state index in [0.717, 1.165) is 12.0 Å². The molecule has 5 heteroatoms. The van der Waals surface area contributed by atoms with Gasteiger partial charge in [0.1, 0.15) is 6.61 Å². The zero-order chi connectivity index (χ0) is 20.8. The zero-order valence-electron chi connectivity index (χ0n) is 17.8. The van der Waals surface area contributed by atoms with Gasteiger partial charge in [0, 0.05) is 13.8 Å². The van der Waals surface area contributed by atoms with Crippen molar-refractivity contribution in [3.05, 3.63) is 35.4 Å². The molecule has 0 saturated carbocycles. The van der Waals surface area contributed by atoms with Gasteiger partial charge in [0.2, 0.25) is 5.91 Å². The first-order chi connectivity index (χ1) is 13.4. The molecule has 1 aromatic rings. The number of benzene rings is 1. The largest absolute Gasteiger partial charge is 0.463 e. The number of aliphatic hydroxyl groups is 1. The van der Waals surface area contributed by atoms with E-state index in [2.05, 4.69) is 36.5 Å². The summed E-state index contributed by atoms with van der Waals surface area (Å²) in [5.74, 6) is -0.683. The lowest BCUT2D eigenvalue weighted by Crippen LogP contribution is -2.54. The van der Waals surface area contributed by atoms with E-state index in [9.17, 15) is 14.7 Å². The molecule has 0 bridgehead atoms. The lowest BCUT2D eigenvalue weighted by Gasteiger charge is -2.32. The van der Waals surface area contributed by atoms with Crippen LogP contribution in [0.15, 0.2) is 24.3 Å². The molecule has 0 fully saturated rings. The first kappa shape index (κ1) is 24.2. The summed E-state index contributed by atoms with van der Waals surface area (Å²) in [6.45, 7) is 4.64. The van der Waals surface area contributed by atoms with Crippen LogP contribution in [-0.4, -0.2) is 35.7 Å². The van der Waals surface area contributed by atoms with Gasteiger partial charge in [-0.25, -0.2) is 0 Å². The molecule has 0 radical (unpaired) electrons. The summed E-state index contributed by atoms with van der Waals surface area (Å²) >= 11 is 0. The number of aryl methyl sites for hydroxylation is 2. The number of aliphatic hydroxyl groups excluding tert-OH is 1. The summed E-state index contributed by atoms with van der Waals surface area (Å²) in [4.78, 5) is 22.7. The van der Waals surface area contributed by atoms with Crippen LogP contribution in [0, 0.1) is 0 Å². The molecule has 1 rings (SSSR count). The molecule has 158 valence electrons. The standard InChI is InChI=1S/C23H37NO4/c1-4-5-6-7-8-9-10-21-11-13-22(14-12-21)15-16-23(17-25,24-19(2)26)18-28-20(3)27/h11-14,25H,4-10,15-18H2,1-3H3,(H,24,26). The molecule has 0 heterocycles. The van der Waals surface area contributed by atoms with E-state index in [-0.39, 0.29) is 19.1 Å². The van der Waals surface area contributed by atoms with Crippen LogP contribution in [0.3, 0.4) is 0 Å². The van der Waals surface area contributed by atoms with Crippen LogP contribution in [0.4, 0.5) is 0 Å². The van der Waals surface area contributed by atoms with Crippen molar-refractivity contribution in [1.82, 2.24) is 5.32 Å². The predicted molar refractivity (Wildman–Crippen MR) is 112 cm³/mol. The van der Waals surface area contributed by atoms with Gasteiger partial charge in [-0.1, -0.05) is 63.3 Å². The Bertz CT molecular complexity index is 585. The summed E-state index contributed by atoms with van der Waals surface area (Å²) in [5, 5.41) is 12.6. The van der Waals surface area contributed by atoms with E-state index in [4.69, 9.17) is 4.74 Å². The highest BCUT2D eigenvalue weighted by atomic mass is 16.5. The van der Waals surface area contributed by atoms with Gasteiger partial charge in [-0.15, -0.1) is 0 Å². The number of esters is 1. The quantitative estimate of drug-likeness (QED) is 0.372. The minimum atomic E-state index is -0.950. The van der Waals surface area contributed by atoms with Gasteiger partial charge >= 0.3 is 5.97 Å². The Hall–Kier alpha value is -1.88. The molecule has 0 aliphatic heterocycles. The normalized spacial score (nSPS) is 13.0. The van der Waals surface area contributed by atoms with E-state index >= 15 is 0 Å². The Morgan fingerprint density at radius 3 is 2.07 bits per heavy atom. The van der Waals surface area contributed by atoms with Crippen LogP contribution in [-0.2, 0) is 27.2 Å². The van der Waals surface area contributed by atoms with Gasteiger partial charge < -0.3 is 15.2 Å². The number of unbranched alkanes of at least 4 members (excludes halogenated alkanes) is 5. The molecular weight excluding hydrogens is 354 g/mol. The minimum Gasteiger partial charge on any atom is -0.463 e. The van der Waals surface area contributed by atoms with Crippen molar-refractivity contribution in [2.24, 2.45) is 0 Å². The number of amides is 1. The summed E-state index contributed by atoms with van der Waals surface area (Å²) in [6.07, 6.45) is 10.1. The van der Waals surface area contributed by atoms with Gasteiger partial charge in [0.05, 0.1) is 12.1 Å². The Kier molecular flexibility index (Phi) is 11.5. The molecule has 2 N–H and O–H groups in total. The number of carbonyl (C=O) groups excluding carboxylic acids is 2. The fourth-order valence-electron chi connectivity index (χ4n) is 3.31. The first-order valence-corrected chi connectivity index (χ1v) is 10.5. The van der Waals surface area contributed by atoms with Gasteiger partial charge in [-0.2, -0.15) is 0 Å². The maximum absolute atomic E-state index is 11.5. The third-order valence-corrected chi connectivity index (χ3v) is 5.03. The highest BCUT2D eigenvalue weighted by Crippen LogP contribution is 2.17. The maximum atomic E-state index is 11.5.